The Morgan fingerprint density at radius 2 is 2.40 bits per heavy atom. The van der Waals surface area contributed by atoms with Gasteiger partial charge in [0.05, 0.1) is 17.7 Å². The maximum atomic E-state index is 12.1. The summed E-state index contributed by atoms with van der Waals surface area (Å²) >= 11 is 1.46. The van der Waals surface area contributed by atoms with Crippen molar-refractivity contribution in [1.29, 1.82) is 0 Å². The summed E-state index contributed by atoms with van der Waals surface area (Å²) in [5, 5.41) is 5.53. The van der Waals surface area contributed by atoms with E-state index in [-0.39, 0.29) is 12.0 Å². The van der Waals surface area contributed by atoms with Crippen LogP contribution in [0.4, 0.5) is 5.82 Å². The van der Waals surface area contributed by atoms with Crippen molar-refractivity contribution in [3.63, 3.8) is 0 Å². The Hall–Kier alpha value is -2.03. The number of hydrogen-bond acceptors (Lipinski definition) is 7. The molecule has 2 aromatic rings. The third-order valence-corrected chi connectivity index (χ3v) is 4.88. The lowest BCUT2D eigenvalue weighted by Gasteiger charge is -2.32. The number of pyridine rings is 1. The number of morpholine rings is 1. The lowest BCUT2D eigenvalue weighted by Crippen LogP contribution is -2.41. The zero-order valence-corrected chi connectivity index (χ0v) is 15.1. The minimum Gasteiger partial charge on any atom is -0.375 e. The molecule has 25 heavy (non-hydrogen) atoms. The normalized spacial score (nSPS) is 17.5. The first-order valence-corrected chi connectivity index (χ1v) is 9.28. The minimum atomic E-state index is -0.175. The molecule has 134 valence electrons. The predicted octanol–water partition coefficient (Wildman–Crippen LogP) is 1.19. The molecule has 3 heterocycles. The van der Waals surface area contributed by atoms with Crippen LogP contribution in [0.5, 0.6) is 0 Å². The maximum absolute atomic E-state index is 12.1. The van der Waals surface area contributed by atoms with E-state index in [2.05, 4.69) is 27.1 Å². The number of hydrogen-bond donors (Lipinski definition) is 2. The summed E-state index contributed by atoms with van der Waals surface area (Å²) in [6.45, 7) is 5.44. The van der Waals surface area contributed by atoms with Crippen molar-refractivity contribution in [2.45, 2.75) is 26.0 Å². The number of rotatable bonds is 6. The third kappa shape index (κ3) is 4.75. The van der Waals surface area contributed by atoms with Crippen LogP contribution >= 0.6 is 11.3 Å². The van der Waals surface area contributed by atoms with Gasteiger partial charge >= 0.3 is 0 Å². The highest BCUT2D eigenvalue weighted by Gasteiger charge is 2.17. The highest BCUT2D eigenvalue weighted by atomic mass is 32.1. The fraction of sp³-hybridized carbons (Fsp3) is 0.471. The molecular formula is C17H23N5O2S. The van der Waals surface area contributed by atoms with Crippen molar-refractivity contribution in [3.8, 4) is 0 Å². The van der Waals surface area contributed by atoms with E-state index in [1.54, 1.807) is 11.6 Å². The van der Waals surface area contributed by atoms with E-state index >= 15 is 0 Å². The molecule has 0 aromatic carbocycles. The molecule has 1 atom stereocenters. The quantitative estimate of drug-likeness (QED) is 0.803. The van der Waals surface area contributed by atoms with Crippen molar-refractivity contribution in [2.24, 2.45) is 5.73 Å². The molecular weight excluding hydrogens is 338 g/mol. The Morgan fingerprint density at radius 1 is 1.52 bits per heavy atom. The number of thiazole rings is 1. The number of anilines is 1. The fourth-order valence-corrected chi connectivity index (χ4v) is 3.46. The number of aromatic nitrogens is 2. The summed E-state index contributed by atoms with van der Waals surface area (Å²) in [6.07, 6.45) is 2.72. The summed E-state index contributed by atoms with van der Waals surface area (Å²) in [5.41, 5.74) is 6.90. The van der Waals surface area contributed by atoms with Crippen LogP contribution in [-0.2, 0) is 17.7 Å². The van der Waals surface area contributed by atoms with Crippen molar-refractivity contribution in [1.82, 2.24) is 15.3 Å². The Kier molecular flexibility index (Phi) is 5.95. The predicted molar refractivity (Wildman–Crippen MR) is 97.9 cm³/mol. The lowest BCUT2D eigenvalue weighted by atomic mass is 10.2. The van der Waals surface area contributed by atoms with Gasteiger partial charge in [0.25, 0.3) is 5.91 Å². The van der Waals surface area contributed by atoms with Gasteiger partial charge in [-0.25, -0.2) is 9.97 Å². The number of carbonyl (C=O) groups is 1. The third-order valence-electron chi connectivity index (χ3n) is 3.97. The minimum absolute atomic E-state index is 0.175. The van der Waals surface area contributed by atoms with Crippen LogP contribution < -0.4 is 16.0 Å². The van der Waals surface area contributed by atoms with Crippen LogP contribution in [0, 0.1) is 0 Å². The summed E-state index contributed by atoms with van der Waals surface area (Å²) in [7, 11) is 0. The number of ether oxygens (including phenoxy) is 1. The van der Waals surface area contributed by atoms with Crippen molar-refractivity contribution in [2.75, 3.05) is 31.1 Å². The van der Waals surface area contributed by atoms with Gasteiger partial charge in [-0.1, -0.05) is 6.07 Å². The average molecular weight is 361 g/mol. The van der Waals surface area contributed by atoms with Gasteiger partial charge < -0.3 is 20.7 Å². The summed E-state index contributed by atoms with van der Waals surface area (Å²) < 4.78 is 5.55. The molecule has 1 aliphatic rings. The second-order valence-electron chi connectivity index (χ2n) is 6.00. The largest absolute Gasteiger partial charge is 0.375 e. The molecule has 0 bridgehead atoms. The van der Waals surface area contributed by atoms with E-state index in [0.717, 1.165) is 36.1 Å². The van der Waals surface area contributed by atoms with Gasteiger partial charge in [-0.3, -0.25) is 4.79 Å². The zero-order chi connectivity index (χ0) is 17.6. The molecule has 0 radical (unpaired) electrons. The Bertz CT molecular complexity index is 703. The Balaban J connectivity index is 1.53. The second-order valence-corrected chi connectivity index (χ2v) is 6.94. The molecule has 1 unspecified atom stereocenters. The lowest BCUT2D eigenvalue weighted by molar-refractivity contribution is 0.0529. The van der Waals surface area contributed by atoms with Crippen LogP contribution in [0.15, 0.2) is 23.7 Å². The molecule has 1 saturated heterocycles. The topological polar surface area (TPSA) is 93.4 Å². The van der Waals surface area contributed by atoms with Gasteiger partial charge in [-0.05, 0) is 25.1 Å². The SMILES string of the molecule is CC1CN(c2ccc(CNC(=O)c3csc(CCN)n3)cn2)CCO1. The van der Waals surface area contributed by atoms with Crippen molar-refractivity contribution < 1.29 is 9.53 Å². The molecule has 1 aliphatic heterocycles. The van der Waals surface area contributed by atoms with E-state index in [9.17, 15) is 4.79 Å². The molecule has 7 nitrogen and oxygen atoms in total. The van der Waals surface area contributed by atoms with Crippen LogP contribution in [0.1, 0.15) is 28.0 Å². The number of nitrogens with zero attached hydrogens (tertiary/aromatic N) is 3. The smallest absolute Gasteiger partial charge is 0.271 e. The summed E-state index contributed by atoms with van der Waals surface area (Å²) in [5.74, 6) is 0.766. The standard InChI is InChI=1S/C17H23N5O2S/c1-12-10-22(6-7-24-12)15-3-2-13(8-19-15)9-20-17(23)14-11-25-16(21-14)4-5-18/h2-3,8,11-12H,4-7,9-10,18H2,1H3,(H,20,23). The average Bonchev–Trinajstić information content (AvgIpc) is 3.09. The molecule has 3 N–H and O–H groups in total. The first kappa shape index (κ1) is 17.8. The first-order valence-electron chi connectivity index (χ1n) is 8.40. The second kappa shape index (κ2) is 8.37. The van der Waals surface area contributed by atoms with Gasteiger partial charge in [0.15, 0.2) is 0 Å². The van der Waals surface area contributed by atoms with Gasteiger partial charge in [0.1, 0.15) is 11.5 Å². The van der Waals surface area contributed by atoms with E-state index in [1.807, 2.05) is 12.1 Å². The van der Waals surface area contributed by atoms with E-state index in [4.69, 9.17) is 10.5 Å². The zero-order valence-electron chi connectivity index (χ0n) is 14.3. The van der Waals surface area contributed by atoms with Crippen LogP contribution in [0.25, 0.3) is 0 Å². The van der Waals surface area contributed by atoms with Crippen LogP contribution in [0.2, 0.25) is 0 Å². The van der Waals surface area contributed by atoms with Gasteiger partial charge in [-0.15, -0.1) is 11.3 Å². The monoisotopic (exact) mass is 361 g/mol. The highest BCUT2D eigenvalue weighted by Crippen LogP contribution is 2.15. The maximum Gasteiger partial charge on any atom is 0.271 e. The molecule has 2 aromatic heterocycles. The number of carbonyl (C=O) groups excluding carboxylic acids is 1. The summed E-state index contributed by atoms with van der Waals surface area (Å²) in [6, 6.07) is 3.98. The molecule has 1 amide bonds. The number of nitrogens with two attached hydrogens (primary N) is 1. The van der Waals surface area contributed by atoms with Gasteiger partial charge in [-0.2, -0.15) is 0 Å². The first-order chi connectivity index (χ1) is 12.2. The Labute approximate surface area is 151 Å². The molecule has 0 saturated carbocycles. The van der Waals surface area contributed by atoms with Crippen molar-refractivity contribution >= 4 is 23.1 Å². The van der Waals surface area contributed by atoms with E-state index in [1.165, 1.54) is 11.3 Å². The molecule has 1 fully saturated rings. The molecule has 8 heteroatoms. The molecule has 3 rings (SSSR count). The Morgan fingerprint density at radius 3 is 3.12 bits per heavy atom. The highest BCUT2D eigenvalue weighted by molar-refractivity contribution is 7.09. The van der Waals surface area contributed by atoms with E-state index < -0.39 is 0 Å². The number of amides is 1. The van der Waals surface area contributed by atoms with Crippen LogP contribution in [0.3, 0.4) is 0 Å². The summed E-state index contributed by atoms with van der Waals surface area (Å²) in [4.78, 5) is 23.2. The van der Waals surface area contributed by atoms with E-state index in [0.29, 0.717) is 25.2 Å². The molecule has 0 spiro atoms. The van der Waals surface area contributed by atoms with Gasteiger partial charge in [0, 0.05) is 37.6 Å². The van der Waals surface area contributed by atoms with Gasteiger partial charge in [0.2, 0.25) is 0 Å². The molecule has 0 aliphatic carbocycles. The fourth-order valence-electron chi connectivity index (χ4n) is 2.66. The number of nitrogens with one attached hydrogen (secondary N) is 1. The van der Waals surface area contributed by atoms with Crippen molar-refractivity contribution in [3.05, 3.63) is 40.0 Å². The van der Waals surface area contributed by atoms with Crippen LogP contribution in [-0.4, -0.2) is 48.2 Å².